The van der Waals surface area contributed by atoms with Gasteiger partial charge in [0, 0.05) is 33.2 Å². The van der Waals surface area contributed by atoms with Crippen LogP contribution in [0.5, 0.6) is 0 Å². The summed E-state index contributed by atoms with van der Waals surface area (Å²) in [4.78, 5) is 24.7. The highest BCUT2D eigenvalue weighted by Crippen LogP contribution is 2.36. The van der Waals surface area contributed by atoms with E-state index in [4.69, 9.17) is 16.3 Å². The summed E-state index contributed by atoms with van der Waals surface area (Å²) in [7, 11) is 0. The number of aryl methyl sites for hydroxylation is 1. The number of carbonyl (C=O) groups excluding carboxylic acids is 2. The van der Waals surface area contributed by atoms with E-state index < -0.39 is 0 Å². The molecule has 4 rings (SSSR count). The van der Waals surface area contributed by atoms with Gasteiger partial charge in [-0.05, 0) is 74.4 Å². The average molecular weight is 449 g/mol. The van der Waals surface area contributed by atoms with E-state index >= 15 is 0 Å². The second-order valence-corrected chi connectivity index (χ2v) is 8.34. The highest BCUT2D eigenvalue weighted by atomic mass is 35.5. The Kier molecular flexibility index (Phi) is 6.19. The van der Waals surface area contributed by atoms with Crippen LogP contribution in [0.4, 0.5) is 5.69 Å². The van der Waals surface area contributed by atoms with Crippen molar-refractivity contribution in [3.63, 3.8) is 0 Å². The quantitative estimate of drug-likeness (QED) is 0.277. The molecule has 1 amide bonds. The Balaban J connectivity index is 1.63. The topological polar surface area (TPSA) is 60.3 Å². The van der Waals surface area contributed by atoms with Gasteiger partial charge >= 0.3 is 5.97 Å². The van der Waals surface area contributed by atoms with Crippen LogP contribution in [0.15, 0.2) is 48.5 Å². The van der Waals surface area contributed by atoms with Crippen LogP contribution in [0.3, 0.4) is 0 Å². The number of carbonyl (C=O) groups is 2. The molecule has 1 aliphatic rings. The lowest BCUT2D eigenvalue weighted by molar-refractivity contribution is -0.110. The molecule has 1 N–H and O–H groups in total. The third-order valence-corrected chi connectivity index (χ3v) is 5.86. The van der Waals surface area contributed by atoms with E-state index in [1.807, 2.05) is 38.1 Å². The Morgan fingerprint density at radius 2 is 1.88 bits per heavy atom. The van der Waals surface area contributed by atoms with Crippen molar-refractivity contribution in [3.05, 3.63) is 81.6 Å². The number of anilines is 1. The van der Waals surface area contributed by atoms with Crippen molar-refractivity contribution in [1.82, 2.24) is 4.57 Å². The molecule has 0 atom stereocenters. The van der Waals surface area contributed by atoms with Crippen molar-refractivity contribution in [3.8, 4) is 5.69 Å². The summed E-state index contributed by atoms with van der Waals surface area (Å²) < 4.78 is 7.39. The summed E-state index contributed by atoms with van der Waals surface area (Å²) in [5.41, 5.74) is 6.65. The maximum absolute atomic E-state index is 12.5. The normalized spacial score (nSPS) is 13.9. The summed E-state index contributed by atoms with van der Waals surface area (Å²) >= 11 is 6.06. The van der Waals surface area contributed by atoms with E-state index in [9.17, 15) is 9.59 Å². The molecule has 0 bridgehead atoms. The Bertz CT molecular complexity index is 1220. The van der Waals surface area contributed by atoms with Gasteiger partial charge in [-0.15, -0.1) is 0 Å². The number of aromatic nitrogens is 1. The van der Waals surface area contributed by atoms with E-state index in [-0.39, 0.29) is 11.9 Å². The van der Waals surface area contributed by atoms with Gasteiger partial charge in [0.05, 0.1) is 17.9 Å². The minimum Gasteiger partial charge on any atom is -0.462 e. The lowest BCUT2D eigenvalue weighted by Crippen LogP contribution is -2.07. The SMILES string of the molecule is CCCCOC(=O)c1ccc(-n2c(C)cc(/C=C3/C(=O)Nc4cc(Cl)ccc43)c2C)cc1. The highest BCUT2D eigenvalue weighted by Gasteiger charge is 2.25. The number of rotatable bonds is 6. The summed E-state index contributed by atoms with van der Waals surface area (Å²) in [6, 6.07) is 14.8. The Hall–Kier alpha value is -3.31. The number of fused-ring (bicyclic) bond motifs is 1. The number of nitrogens with zero attached hydrogens (tertiary/aromatic N) is 1. The van der Waals surface area contributed by atoms with E-state index in [1.165, 1.54) is 0 Å². The molecule has 3 aromatic rings. The molecule has 0 unspecified atom stereocenters. The molecule has 0 fully saturated rings. The molecule has 0 aliphatic carbocycles. The fourth-order valence-corrected chi connectivity index (χ4v) is 4.11. The zero-order chi connectivity index (χ0) is 22.8. The first-order chi connectivity index (χ1) is 15.4. The number of benzene rings is 2. The van der Waals surface area contributed by atoms with Crippen molar-refractivity contribution in [1.29, 1.82) is 0 Å². The van der Waals surface area contributed by atoms with Gasteiger partial charge in [-0.25, -0.2) is 4.79 Å². The number of nitrogens with one attached hydrogen (secondary N) is 1. The fraction of sp³-hybridized carbons (Fsp3) is 0.231. The van der Waals surface area contributed by atoms with Crippen molar-refractivity contribution in [2.45, 2.75) is 33.6 Å². The lowest BCUT2D eigenvalue weighted by Gasteiger charge is -2.11. The third kappa shape index (κ3) is 4.21. The molecular formula is C26H25ClN2O3. The smallest absolute Gasteiger partial charge is 0.338 e. The van der Waals surface area contributed by atoms with Gasteiger partial charge in [0.25, 0.3) is 5.91 Å². The zero-order valence-electron chi connectivity index (χ0n) is 18.4. The van der Waals surface area contributed by atoms with Crippen LogP contribution >= 0.6 is 11.6 Å². The van der Waals surface area contributed by atoms with E-state index in [0.29, 0.717) is 22.8 Å². The minimum atomic E-state index is -0.303. The number of amides is 1. The number of esters is 1. The van der Waals surface area contributed by atoms with Gasteiger partial charge in [0.1, 0.15) is 0 Å². The van der Waals surface area contributed by atoms with E-state index in [0.717, 1.165) is 46.7 Å². The molecule has 0 radical (unpaired) electrons. The molecule has 1 aliphatic heterocycles. The van der Waals surface area contributed by atoms with Gasteiger partial charge in [0.2, 0.25) is 0 Å². The molecule has 5 nitrogen and oxygen atoms in total. The molecule has 6 heteroatoms. The Morgan fingerprint density at radius 3 is 2.59 bits per heavy atom. The van der Waals surface area contributed by atoms with Crippen LogP contribution < -0.4 is 5.32 Å². The number of hydrogen-bond donors (Lipinski definition) is 1. The number of ether oxygens (including phenoxy) is 1. The fourth-order valence-electron chi connectivity index (χ4n) is 3.94. The molecule has 1 aromatic heterocycles. The first-order valence-electron chi connectivity index (χ1n) is 10.7. The van der Waals surface area contributed by atoms with Crippen molar-refractivity contribution >= 4 is 40.8 Å². The molecular weight excluding hydrogens is 424 g/mol. The van der Waals surface area contributed by atoms with Crippen LogP contribution in [-0.2, 0) is 9.53 Å². The van der Waals surface area contributed by atoms with Gasteiger partial charge in [-0.1, -0.05) is 31.0 Å². The van der Waals surface area contributed by atoms with Crippen molar-refractivity contribution in [2.24, 2.45) is 0 Å². The molecule has 32 heavy (non-hydrogen) atoms. The van der Waals surface area contributed by atoms with Gasteiger partial charge < -0.3 is 14.6 Å². The second-order valence-electron chi connectivity index (χ2n) is 7.90. The molecule has 2 heterocycles. The van der Waals surface area contributed by atoms with Gasteiger partial charge in [-0.2, -0.15) is 0 Å². The Labute approximate surface area is 192 Å². The monoisotopic (exact) mass is 448 g/mol. The van der Waals surface area contributed by atoms with Crippen LogP contribution in [0.25, 0.3) is 17.3 Å². The van der Waals surface area contributed by atoms with Crippen LogP contribution in [0.1, 0.15) is 52.6 Å². The van der Waals surface area contributed by atoms with Gasteiger partial charge in [0.15, 0.2) is 0 Å². The molecule has 0 saturated carbocycles. The maximum atomic E-state index is 12.5. The summed E-state index contributed by atoms with van der Waals surface area (Å²) in [6.45, 7) is 6.53. The van der Waals surface area contributed by atoms with Crippen LogP contribution in [0.2, 0.25) is 5.02 Å². The predicted octanol–water partition coefficient (Wildman–Crippen LogP) is 6.20. The van der Waals surface area contributed by atoms with Crippen molar-refractivity contribution < 1.29 is 14.3 Å². The van der Waals surface area contributed by atoms with Crippen LogP contribution in [-0.4, -0.2) is 23.1 Å². The average Bonchev–Trinajstić information content (AvgIpc) is 3.23. The third-order valence-electron chi connectivity index (χ3n) is 5.63. The largest absolute Gasteiger partial charge is 0.462 e. The molecule has 0 spiro atoms. The van der Waals surface area contributed by atoms with E-state index in [1.54, 1.807) is 24.3 Å². The molecule has 164 valence electrons. The molecule has 2 aromatic carbocycles. The lowest BCUT2D eigenvalue weighted by atomic mass is 10.0. The Morgan fingerprint density at radius 1 is 1.12 bits per heavy atom. The standard InChI is InChI=1S/C26H25ClN2O3/c1-4-5-12-32-26(31)18-6-9-21(10-7-18)29-16(2)13-19(17(29)3)14-23-22-11-8-20(27)15-24(22)28-25(23)30/h6-11,13-15H,4-5,12H2,1-3H3,(H,28,30)/b23-14+. The maximum Gasteiger partial charge on any atom is 0.338 e. The van der Waals surface area contributed by atoms with Crippen LogP contribution in [0, 0.1) is 13.8 Å². The minimum absolute atomic E-state index is 0.141. The first kappa shape index (κ1) is 21.9. The van der Waals surface area contributed by atoms with Gasteiger partial charge in [-0.3, -0.25) is 4.79 Å². The first-order valence-corrected chi connectivity index (χ1v) is 11.1. The molecule has 0 saturated heterocycles. The summed E-state index contributed by atoms with van der Waals surface area (Å²) in [5, 5.41) is 3.46. The number of unbranched alkanes of at least 4 members (excludes halogenated alkanes) is 1. The number of hydrogen-bond acceptors (Lipinski definition) is 3. The number of halogens is 1. The predicted molar refractivity (Wildman–Crippen MR) is 128 cm³/mol. The highest BCUT2D eigenvalue weighted by molar-refractivity contribution is 6.36. The summed E-state index contributed by atoms with van der Waals surface area (Å²) in [5.74, 6) is -0.444. The zero-order valence-corrected chi connectivity index (χ0v) is 19.1. The van der Waals surface area contributed by atoms with E-state index in [2.05, 4.69) is 22.9 Å². The second kappa shape index (κ2) is 9.05. The van der Waals surface area contributed by atoms with Crippen molar-refractivity contribution in [2.75, 3.05) is 11.9 Å². The summed E-state index contributed by atoms with van der Waals surface area (Å²) in [6.07, 6.45) is 3.75.